The Morgan fingerprint density at radius 1 is 1.03 bits per heavy atom. The number of hydrogen-bond acceptors (Lipinski definition) is 6. The van der Waals surface area contributed by atoms with Crippen LogP contribution in [0.15, 0.2) is 48.5 Å². The fraction of sp³-hybridized carbons (Fsp3) is 0.286. The molecule has 0 aliphatic carbocycles. The highest BCUT2D eigenvalue weighted by molar-refractivity contribution is 5.98. The van der Waals surface area contributed by atoms with E-state index in [9.17, 15) is 24.5 Å². The lowest BCUT2D eigenvalue weighted by Gasteiger charge is -2.07. The van der Waals surface area contributed by atoms with Crippen molar-refractivity contribution in [2.45, 2.75) is 32.6 Å². The second-order valence-corrected chi connectivity index (χ2v) is 6.35. The van der Waals surface area contributed by atoms with E-state index in [1.165, 1.54) is 24.3 Å². The summed E-state index contributed by atoms with van der Waals surface area (Å²) < 4.78 is 4.84. The third-order valence-electron chi connectivity index (χ3n) is 4.11. The van der Waals surface area contributed by atoms with Crippen molar-refractivity contribution in [2.75, 3.05) is 11.9 Å². The Hall–Kier alpha value is -3.55. The summed E-state index contributed by atoms with van der Waals surface area (Å²) >= 11 is 0. The van der Waals surface area contributed by atoms with Crippen LogP contribution in [-0.4, -0.2) is 29.2 Å². The number of carbonyl (C=O) groups is 3. The Balaban J connectivity index is 1.77. The molecule has 0 heterocycles. The summed E-state index contributed by atoms with van der Waals surface area (Å²) in [5.41, 5.74) is 1.42. The third-order valence-corrected chi connectivity index (χ3v) is 4.11. The minimum Gasteiger partial charge on any atom is -0.456 e. The number of carbonyl (C=O) groups excluding carboxylic acids is 3. The third kappa shape index (κ3) is 6.84. The van der Waals surface area contributed by atoms with Crippen LogP contribution in [0.25, 0.3) is 0 Å². The molecule has 0 aliphatic rings. The number of nitro groups is 1. The summed E-state index contributed by atoms with van der Waals surface area (Å²) in [5, 5.41) is 13.3. The van der Waals surface area contributed by atoms with Crippen LogP contribution in [0.3, 0.4) is 0 Å². The molecule has 29 heavy (non-hydrogen) atoms. The van der Waals surface area contributed by atoms with Gasteiger partial charge in [0.05, 0.1) is 11.3 Å². The molecular formula is C21H22N2O6. The van der Waals surface area contributed by atoms with E-state index in [1.807, 2.05) is 12.1 Å². The number of para-hydroxylation sites is 2. The Labute approximate surface area is 168 Å². The van der Waals surface area contributed by atoms with Crippen molar-refractivity contribution in [1.82, 2.24) is 0 Å². The predicted molar refractivity (Wildman–Crippen MR) is 107 cm³/mol. The molecule has 0 aromatic heterocycles. The molecule has 0 fully saturated rings. The van der Waals surface area contributed by atoms with Gasteiger partial charge < -0.3 is 10.1 Å². The lowest BCUT2D eigenvalue weighted by atomic mass is 10.0. The largest absolute Gasteiger partial charge is 0.456 e. The molecule has 0 radical (unpaired) electrons. The van der Waals surface area contributed by atoms with E-state index in [-0.39, 0.29) is 30.0 Å². The van der Waals surface area contributed by atoms with Crippen molar-refractivity contribution in [3.8, 4) is 0 Å². The average Bonchev–Trinajstić information content (AvgIpc) is 2.71. The van der Waals surface area contributed by atoms with E-state index in [0.29, 0.717) is 5.56 Å². The molecule has 0 bridgehead atoms. The van der Waals surface area contributed by atoms with Crippen LogP contribution < -0.4 is 5.32 Å². The van der Waals surface area contributed by atoms with Gasteiger partial charge in [-0.3, -0.25) is 24.5 Å². The first-order valence-corrected chi connectivity index (χ1v) is 9.21. The summed E-state index contributed by atoms with van der Waals surface area (Å²) in [5.74, 6) is -1.58. The molecule has 0 unspecified atom stereocenters. The molecule has 152 valence electrons. The maximum atomic E-state index is 12.1. The van der Waals surface area contributed by atoms with Crippen LogP contribution in [0.2, 0.25) is 0 Å². The molecule has 0 spiro atoms. The van der Waals surface area contributed by atoms with Crippen LogP contribution in [0.4, 0.5) is 11.4 Å². The quantitative estimate of drug-likeness (QED) is 0.282. The normalized spacial score (nSPS) is 10.2. The standard InChI is InChI=1S/C21H22N2O6/c1-2-5-15-8-10-16(11-9-15)19(24)12-13-21(26)29-14-20(25)22-17-6-3-4-7-18(17)23(27)28/h3-4,6-11H,2,5,12-14H2,1H3,(H,22,25). The van der Waals surface area contributed by atoms with Crippen LogP contribution >= 0.6 is 0 Å². The van der Waals surface area contributed by atoms with Gasteiger partial charge in [-0.2, -0.15) is 0 Å². The van der Waals surface area contributed by atoms with Crippen molar-refractivity contribution < 1.29 is 24.0 Å². The summed E-state index contributed by atoms with van der Waals surface area (Å²) in [7, 11) is 0. The highest BCUT2D eigenvalue weighted by atomic mass is 16.6. The van der Waals surface area contributed by atoms with Crippen LogP contribution in [-0.2, 0) is 20.7 Å². The minimum absolute atomic E-state index is 0.0141. The number of nitrogens with zero attached hydrogens (tertiary/aromatic N) is 1. The van der Waals surface area contributed by atoms with Crippen molar-refractivity contribution in [3.63, 3.8) is 0 Å². The number of Topliss-reactive ketones (excluding diaryl/α,β-unsaturated/α-hetero) is 1. The van der Waals surface area contributed by atoms with Crippen LogP contribution in [0, 0.1) is 10.1 Å². The fourth-order valence-corrected chi connectivity index (χ4v) is 2.65. The Morgan fingerprint density at radius 2 is 1.72 bits per heavy atom. The van der Waals surface area contributed by atoms with Crippen molar-refractivity contribution in [1.29, 1.82) is 0 Å². The Morgan fingerprint density at radius 3 is 2.38 bits per heavy atom. The number of hydrogen-bond donors (Lipinski definition) is 1. The highest BCUT2D eigenvalue weighted by Crippen LogP contribution is 2.22. The van der Waals surface area contributed by atoms with Gasteiger partial charge in [-0.05, 0) is 18.1 Å². The first-order chi connectivity index (χ1) is 13.9. The van der Waals surface area contributed by atoms with Gasteiger partial charge in [0.1, 0.15) is 5.69 Å². The lowest BCUT2D eigenvalue weighted by Crippen LogP contribution is -2.21. The van der Waals surface area contributed by atoms with Gasteiger partial charge in [-0.1, -0.05) is 49.7 Å². The molecule has 0 aliphatic heterocycles. The molecule has 0 saturated heterocycles. The van der Waals surface area contributed by atoms with Gasteiger partial charge in [-0.15, -0.1) is 0 Å². The van der Waals surface area contributed by atoms with E-state index in [4.69, 9.17) is 4.74 Å². The number of anilines is 1. The molecule has 2 aromatic carbocycles. The molecule has 0 saturated carbocycles. The number of amides is 1. The SMILES string of the molecule is CCCc1ccc(C(=O)CCC(=O)OCC(=O)Nc2ccccc2[N+](=O)[O-])cc1. The van der Waals surface area contributed by atoms with Gasteiger partial charge in [-0.25, -0.2) is 0 Å². The first-order valence-electron chi connectivity index (χ1n) is 9.21. The van der Waals surface area contributed by atoms with Gasteiger partial charge in [0.25, 0.3) is 11.6 Å². The number of nitrogens with one attached hydrogen (secondary N) is 1. The number of nitro benzene ring substituents is 1. The monoisotopic (exact) mass is 398 g/mol. The number of benzene rings is 2. The fourth-order valence-electron chi connectivity index (χ4n) is 2.65. The van der Waals surface area contributed by atoms with E-state index in [0.717, 1.165) is 18.4 Å². The molecule has 2 rings (SSSR count). The number of ketones is 1. The average molecular weight is 398 g/mol. The maximum Gasteiger partial charge on any atom is 0.306 e. The topological polar surface area (TPSA) is 116 Å². The Bertz CT molecular complexity index is 892. The van der Waals surface area contributed by atoms with E-state index in [2.05, 4.69) is 12.2 Å². The molecule has 8 nitrogen and oxygen atoms in total. The zero-order chi connectivity index (χ0) is 21.2. The van der Waals surface area contributed by atoms with Crippen LogP contribution in [0.1, 0.15) is 42.1 Å². The highest BCUT2D eigenvalue weighted by Gasteiger charge is 2.16. The number of aryl methyl sites for hydroxylation is 1. The maximum absolute atomic E-state index is 12.1. The number of ether oxygens (including phenoxy) is 1. The smallest absolute Gasteiger partial charge is 0.306 e. The van der Waals surface area contributed by atoms with Crippen LogP contribution in [0.5, 0.6) is 0 Å². The number of rotatable bonds is 10. The van der Waals surface area contributed by atoms with E-state index < -0.39 is 23.4 Å². The minimum atomic E-state index is -0.703. The van der Waals surface area contributed by atoms with Gasteiger partial charge in [0.15, 0.2) is 12.4 Å². The van der Waals surface area contributed by atoms with E-state index >= 15 is 0 Å². The summed E-state index contributed by atoms with van der Waals surface area (Å²) in [4.78, 5) is 46.1. The summed E-state index contributed by atoms with van der Waals surface area (Å²) in [6.07, 6.45) is 1.77. The zero-order valence-corrected chi connectivity index (χ0v) is 16.1. The van der Waals surface area contributed by atoms with Gasteiger partial charge in [0.2, 0.25) is 0 Å². The molecule has 0 atom stereocenters. The second kappa shape index (κ2) is 10.7. The molecule has 1 amide bonds. The first kappa shape index (κ1) is 21.7. The van der Waals surface area contributed by atoms with Crippen molar-refractivity contribution >= 4 is 29.0 Å². The zero-order valence-electron chi connectivity index (χ0n) is 16.1. The summed E-state index contributed by atoms with van der Waals surface area (Å²) in [6.45, 7) is 1.48. The number of esters is 1. The second-order valence-electron chi connectivity index (χ2n) is 6.35. The van der Waals surface area contributed by atoms with Gasteiger partial charge in [0, 0.05) is 18.1 Å². The predicted octanol–water partition coefficient (Wildman–Crippen LogP) is 3.69. The molecule has 1 N–H and O–H groups in total. The van der Waals surface area contributed by atoms with Crippen molar-refractivity contribution in [3.05, 3.63) is 69.8 Å². The van der Waals surface area contributed by atoms with E-state index in [1.54, 1.807) is 12.1 Å². The molecule has 8 heteroatoms. The molecular weight excluding hydrogens is 376 g/mol. The van der Waals surface area contributed by atoms with Crippen molar-refractivity contribution in [2.24, 2.45) is 0 Å². The Kier molecular flexibility index (Phi) is 8.02. The molecule has 2 aromatic rings. The lowest BCUT2D eigenvalue weighted by molar-refractivity contribution is -0.383. The summed E-state index contributed by atoms with van der Waals surface area (Å²) in [6, 6.07) is 12.9. The van der Waals surface area contributed by atoms with Gasteiger partial charge >= 0.3 is 5.97 Å².